The first-order valence-corrected chi connectivity index (χ1v) is 12.8. The second-order valence-corrected chi connectivity index (χ2v) is 13.7. The van der Waals surface area contributed by atoms with Crippen LogP contribution in [0.3, 0.4) is 0 Å². The van der Waals surface area contributed by atoms with Gasteiger partial charge in [-0.2, -0.15) is 5.10 Å². The molecule has 0 aliphatic rings. The van der Waals surface area contributed by atoms with Crippen LogP contribution in [0.2, 0.25) is 25.7 Å². The summed E-state index contributed by atoms with van der Waals surface area (Å²) < 4.78 is 12.9. The van der Waals surface area contributed by atoms with Crippen molar-refractivity contribution in [2.24, 2.45) is 0 Å². The van der Waals surface area contributed by atoms with Crippen LogP contribution in [0.25, 0.3) is 10.9 Å². The summed E-state index contributed by atoms with van der Waals surface area (Å²) in [7, 11) is -1.07. The SMILES string of the molecule is Cc1cc(CC(O)c2ccco2)cc2cn(COCC[Si](C)(C)C)nc12. The first-order chi connectivity index (χ1) is 12.3. The molecule has 1 unspecified atom stereocenters. The van der Waals surface area contributed by atoms with E-state index in [0.717, 1.165) is 34.7 Å². The molecule has 0 fully saturated rings. The molecular weight excluding hydrogens is 344 g/mol. The summed E-state index contributed by atoms with van der Waals surface area (Å²) >= 11 is 0. The van der Waals surface area contributed by atoms with Gasteiger partial charge in [-0.05, 0) is 42.3 Å². The highest BCUT2D eigenvalue weighted by atomic mass is 28.3. The van der Waals surface area contributed by atoms with Crippen molar-refractivity contribution in [3.63, 3.8) is 0 Å². The molecular formula is C20H28N2O3Si. The fourth-order valence-electron chi connectivity index (χ4n) is 2.96. The van der Waals surface area contributed by atoms with Crippen molar-refractivity contribution < 1.29 is 14.3 Å². The summed E-state index contributed by atoms with van der Waals surface area (Å²) in [5.41, 5.74) is 3.15. The molecule has 1 aromatic carbocycles. The zero-order chi connectivity index (χ0) is 18.7. The van der Waals surface area contributed by atoms with Gasteiger partial charge in [0.2, 0.25) is 0 Å². The van der Waals surface area contributed by atoms with Crippen molar-refractivity contribution in [1.29, 1.82) is 0 Å². The van der Waals surface area contributed by atoms with Gasteiger partial charge in [0.1, 0.15) is 18.6 Å². The van der Waals surface area contributed by atoms with E-state index in [2.05, 4.69) is 43.8 Å². The van der Waals surface area contributed by atoms with Crippen LogP contribution in [0.5, 0.6) is 0 Å². The van der Waals surface area contributed by atoms with Crippen molar-refractivity contribution in [2.75, 3.05) is 6.61 Å². The summed E-state index contributed by atoms with van der Waals surface area (Å²) in [6, 6.07) is 8.91. The number of benzene rings is 1. The average molecular weight is 373 g/mol. The Hall–Kier alpha value is -1.89. The number of aryl methyl sites for hydroxylation is 1. The van der Waals surface area contributed by atoms with Gasteiger partial charge >= 0.3 is 0 Å². The lowest BCUT2D eigenvalue weighted by Crippen LogP contribution is -2.22. The van der Waals surface area contributed by atoms with E-state index >= 15 is 0 Å². The number of hydrogen-bond donors (Lipinski definition) is 1. The third-order valence-electron chi connectivity index (χ3n) is 4.43. The molecule has 2 heterocycles. The van der Waals surface area contributed by atoms with Crippen molar-refractivity contribution in [3.05, 3.63) is 53.6 Å². The first kappa shape index (κ1) is 18.9. The number of furan rings is 1. The van der Waals surface area contributed by atoms with Crippen molar-refractivity contribution in [3.8, 4) is 0 Å². The van der Waals surface area contributed by atoms with Gasteiger partial charge < -0.3 is 14.3 Å². The highest BCUT2D eigenvalue weighted by molar-refractivity contribution is 6.76. The predicted octanol–water partition coefficient (Wildman–Crippen LogP) is 4.53. The molecule has 140 valence electrons. The zero-order valence-electron chi connectivity index (χ0n) is 16.0. The molecule has 3 rings (SSSR count). The Morgan fingerprint density at radius 2 is 2.12 bits per heavy atom. The van der Waals surface area contributed by atoms with E-state index in [9.17, 15) is 5.11 Å². The van der Waals surface area contributed by atoms with E-state index in [1.54, 1.807) is 18.4 Å². The molecule has 0 radical (unpaired) electrons. The normalized spacial score (nSPS) is 13.4. The Labute approximate surface area is 155 Å². The van der Waals surface area contributed by atoms with E-state index in [4.69, 9.17) is 9.15 Å². The molecule has 1 atom stereocenters. The molecule has 26 heavy (non-hydrogen) atoms. The quantitative estimate of drug-likeness (QED) is 0.466. The van der Waals surface area contributed by atoms with Crippen LogP contribution in [-0.4, -0.2) is 29.6 Å². The summed E-state index contributed by atoms with van der Waals surface area (Å²) in [5, 5.41) is 16.0. The third kappa shape index (κ3) is 4.84. The minimum Gasteiger partial charge on any atom is -0.467 e. The largest absolute Gasteiger partial charge is 0.467 e. The summed E-state index contributed by atoms with van der Waals surface area (Å²) in [6.45, 7) is 10.4. The molecule has 5 nitrogen and oxygen atoms in total. The van der Waals surface area contributed by atoms with Gasteiger partial charge in [-0.25, -0.2) is 4.68 Å². The van der Waals surface area contributed by atoms with Gasteiger partial charge in [0.25, 0.3) is 0 Å². The molecule has 6 heteroatoms. The second-order valence-electron chi connectivity index (χ2n) is 8.10. The maximum Gasteiger partial charge on any atom is 0.139 e. The molecule has 2 aromatic heterocycles. The lowest BCUT2D eigenvalue weighted by Gasteiger charge is -2.15. The number of ether oxygens (including phenoxy) is 1. The highest BCUT2D eigenvalue weighted by Gasteiger charge is 2.14. The fourth-order valence-corrected chi connectivity index (χ4v) is 3.72. The highest BCUT2D eigenvalue weighted by Crippen LogP contribution is 2.24. The Morgan fingerprint density at radius 3 is 2.81 bits per heavy atom. The third-order valence-corrected chi connectivity index (χ3v) is 6.13. The minimum atomic E-state index is -1.07. The molecule has 0 bridgehead atoms. The number of fused-ring (bicyclic) bond motifs is 1. The van der Waals surface area contributed by atoms with E-state index in [1.807, 2.05) is 10.9 Å². The number of hydrogen-bond acceptors (Lipinski definition) is 4. The minimum absolute atomic E-state index is 0.475. The van der Waals surface area contributed by atoms with E-state index in [1.165, 1.54) is 0 Å². The molecule has 0 spiro atoms. The smallest absolute Gasteiger partial charge is 0.139 e. The lowest BCUT2D eigenvalue weighted by molar-refractivity contribution is 0.0791. The van der Waals surface area contributed by atoms with Gasteiger partial charge in [0, 0.05) is 32.7 Å². The zero-order valence-corrected chi connectivity index (χ0v) is 17.0. The monoisotopic (exact) mass is 372 g/mol. The topological polar surface area (TPSA) is 60.4 Å². The molecule has 0 saturated carbocycles. The van der Waals surface area contributed by atoms with Crippen molar-refractivity contribution in [2.45, 2.75) is 51.9 Å². The molecule has 3 aromatic rings. The van der Waals surface area contributed by atoms with Gasteiger partial charge in [-0.1, -0.05) is 25.7 Å². The predicted molar refractivity (Wildman–Crippen MR) is 106 cm³/mol. The Morgan fingerprint density at radius 1 is 1.31 bits per heavy atom. The van der Waals surface area contributed by atoms with Crippen LogP contribution in [0.15, 0.2) is 41.1 Å². The molecule has 0 saturated heterocycles. The Bertz CT molecular complexity index is 850. The first-order valence-electron chi connectivity index (χ1n) is 9.08. The van der Waals surface area contributed by atoms with Gasteiger partial charge in [-0.15, -0.1) is 0 Å². The number of aliphatic hydroxyl groups is 1. The molecule has 0 amide bonds. The molecule has 0 aliphatic carbocycles. The van der Waals surface area contributed by atoms with Crippen molar-refractivity contribution >= 4 is 19.0 Å². The lowest BCUT2D eigenvalue weighted by atomic mass is 10.0. The molecule has 0 aliphatic heterocycles. The standard InChI is InChI=1S/C20H28N2O3Si/c1-15-10-16(12-18(23)19-6-5-7-25-19)11-17-13-22(21-20(15)17)14-24-8-9-26(2,3)4/h5-7,10-11,13,18,23H,8-9,12,14H2,1-4H3. The number of aromatic nitrogens is 2. The van der Waals surface area contributed by atoms with E-state index < -0.39 is 14.2 Å². The summed E-state index contributed by atoms with van der Waals surface area (Å²) in [6.07, 6.45) is 3.47. The van der Waals surface area contributed by atoms with Crippen LogP contribution in [-0.2, 0) is 17.9 Å². The Balaban J connectivity index is 1.68. The maximum atomic E-state index is 10.3. The number of aliphatic hydroxyl groups excluding tert-OH is 1. The van der Waals surface area contributed by atoms with Gasteiger partial charge in [-0.3, -0.25) is 0 Å². The summed E-state index contributed by atoms with van der Waals surface area (Å²) in [4.78, 5) is 0. The van der Waals surface area contributed by atoms with Crippen LogP contribution in [0, 0.1) is 6.92 Å². The van der Waals surface area contributed by atoms with Crippen LogP contribution in [0.4, 0.5) is 0 Å². The van der Waals surface area contributed by atoms with Crippen LogP contribution < -0.4 is 0 Å². The van der Waals surface area contributed by atoms with Crippen LogP contribution in [0.1, 0.15) is 23.0 Å². The van der Waals surface area contributed by atoms with Crippen LogP contribution >= 0.6 is 0 Å². The summed E-state index contributed by atoms with van der Waals surface area (Å²) in [5.74, 6) is 0.592. The van der Waals surface area contributed by atoms with Gasteiger partial charge in [0.15, 0.2) is 0 Å². The number of nitrogens with zero attached hydrogens (tertiary/aromatic N) is 2. The van der Waals surface area contributed by atoms with Gasteiger partial charge in [0.05, 0.1) is 11.8 Å². The maximum absolute atomic E-state index is 10.3. The number of rotatable bonds is 8. The van der Waals surface area contributed by atoms with E-state index in [0.29, 0.717) is 18.9 Å². The average Bonchev–Trinajstić information content (AvgIpc) is 3.20. The molecule has 1 N–H and O–H groups in total. The fraction of sp³-hybridized carbons (Fsp3) is 0.450. The van der Waals surface area contributed by atoms with Crippen molar-refractivity contribution in [1.82, 2.24) is 9.78 Å². The van der Waals surface area contributed by atoms with E-state index in [-0.39, 0.29) is 0 Å². The second kappa shape index (κ2) is 7.78. The Kier molecular flexibility index (Phi) is 5.65.